The molecular weight excluding hydrogens is 404 g/mol. The molecule has 2 aliphatic heterocycles. The van der Waals surface area contributed by atoms with Gasteiger partial charge in [-0.15, -0.1) is 0 Å². The summed E-state index contributed by atoms with van der Waals surface area (Å²) < 4.78 is 5.41. The molecule has 0 atom stereocenters. The minimum atomic E-state index is -0.0194. The van der Waals surface area contributed by atoms with Crippen LogP contribution >= 0.6 is 0 Å². The number of nitrogens with one attached hydrogen (secondary N) is 2. The van der Waals surface area contributed by atoms with Crippen LogP contribution in [0.4, 0.5) is 5.69 Å². The standard InChI is InChI=1S/C25H32N4O3/c30-24(26-22-7-2-1-3-8-22)19-28-11-9-23(10-12-28)27-25(31)21-6-4-5-20(17-21)18-29-13-15-32-16-14-29/h1-8,17,23H,9-16,18-19H2,(H,26,30)(H,27,31). The van der Waals surface area contributed by atoms with Crippen LogP contribution in [0.1, 0.15) is 28.8 Å². The van der Waals surface area contributed by atoms with Crippen LogP contribution in [0.25, 0.3) is 0 Å². The maximum absolute atomic E-state index is 12.8. The normalized spacial score (nSPS) is 18.2. The average molecular weight is 437 g/mol. The second-order valence-corrected chi connectivity index (χ2v) is 8.53. The molecule has 2 aromatic rings. The van der Waals surface area contributed by atoms with Gasteiger partial charge in [-0.1, -0.05) is 30.3 Å². The largest absolute Gasteiger partial charge is 0.379 e. The number of nitrogens with zero attached hydrogens (tertiary/aromatic N) is 2. The van der Waals surface area contributed by atoms with E-state index in [1.807, 2.05) is 48.5 Å². The molecule has 0 unspecified atom stereocenters. The molecular formula is C25H32N4O3. The molecule has 0 bridgehead atoms. The molecule has 4 rings (SSSR count). The van der Waals surface area contributed by atoms with Crippen LogP contribution in [0.2, 0.25) is 0 Å². The van der Waals surface area contributed by atoms with Crippen molar-refractivity contribution in [3.8, 4) is 0 Å². The first-order valence-corrected chi connectivity index (χ1v) is 11.4. The predicted molar refractivity (Wildman–Crippen MR) is 125 cm³/mol. The van der Waals surface area contributed by atoms with Crippen molar-refractivity contribution in [2.45, 2.75) is 25.4 Å². The number of hydrogen-bond acceptors (Lipinski definition) is 5. The Morgan fingerprint density at radius 1 is 0.906 bits per heavy atom. The van der Waals surface area contributed by atoms with E-state index in [-0.39, 0.29) is 17.9 Å². The Labute approximate surface area is 189 Å². The summed E-state index contributed by atoms with van der Waals surface area (Å²) >= 11 is 0. The van der Waals surface area contributed by atoms with Crippen LogP contribution in [0, 0.1) is 0 Å². The van der Waals surface area contributed by atoms with Crippen molar-refractivity contribution in [1.82, 2.24) is 15.1 Å². The van der Waals surface area contributed by atoms with Crippen LogP contribution < -0.4 is 10.6 Å². The molecule has 2 heterocycles. The number of carbonyl (C=O) groups excluding carboxylic acids is 2. The number of morpholine rings is 1. The molecule has 2 aromatic carbocycles. The first-order valence-electron chi connectivity index (χ1n) is 11.4. The zero-order chi connectivity index (χ0) is 22.2. The average Bonchev–Trinajstić information content (AvgIpc) is 2.82. The number of rotatable bonds is 7. The lowest BCUT2D eigenvalue weighted by molar-refractivity contribution is -0.117. The van der Waals surface area contributed by atoms with E-state index in [4.69, 9.17) is 4.74 Å². The van der Waals surface area contributed by atoms with Crippen molar-refractivity contribution in [1.29, 1.82) is 0 Å². The summed E-state index contributed by atoms with van der Waals surface area (Å²) in [7, 11) is 0. The Morgan fingerprint density at radius 2 is 1.66 bits per heavy atom. The molecule has 170 valence electrons. The lowest BCUT2D eigenvalue weighted by atomic mass is 10.0. The number of benzene rings is 2. The minimum Gasteiger partial charge on any atom is -0.379 e. The third-order valence-electron chi connectivity index (χ3n) is 6.05. The molecule has 7 nitrogen and oxygen atoms in total. The predicted octanol–water partition coefficient (Wildman–Crippen LogP) is 2.35. The van der Waals surface area contributed by atoms with E-state index in [9.17, 15) is 9.59 Å². The van der Waals surface area contributed by atoms with Gasteiger partial charge in [0.05, 0.1) is 19.8 Å². The lowest BCUT2D eigenvalue weighted by Gasteiger charge is -2.32. The Morgan fingerprint density at radius 3 is 2.41 bits per heavy atom. The number of piperidine rings is 1. The highest BCUT2D eigenvalue weighted by Gasteiger charge is 2.23. The fraction of sp³-hybridized carbons (Fsp3) is 0.440. The quantitative estimate of drug-likeness (QED) is 0.697. The number of carbonyl (C=O) groups is 2. The molecule has 2 amide bonds. The number of hydrogen-bond donors (Lipinski definition) is 2. The molecule has 0 spiro atoms. The highest BCUT2D eigenvalue weighted by Crippen LogP contribution is 2.14. The van der Waals surface area contributed by atoms with Crippen LogP contribution in [0.5, 0.6) is 0 Å². The molecule has 32 heavy (non-hydrogen) atoms. The van der Waals surface area contributed by atoms with Gasteiger partial charge in [0.15, 0.2) is 0 Å². The molecule has 2 aliphatic rings. The van der Waals surface area contributed by atoms with Crippen LogP contribution in [0.15, 0.2) is 54.6 Å². The third-order valence-corrected chi connectivity index (χ3v) is 6.05. The Balaban J connectivity index is 1.21. The van der Waals surface area contributed by atoms with Gasteiger partial charge in [-0.05, 0) is 42.7 Å². The zero-order valence-corrected chi connectivity index (χ0v) is 18.5. The van der Waals surface area contributed by atoms with E-state index in [0.29, 0.717) is 12.1 Å². The monoisotopic (exact) mass is 436 g/mol. The summed E-state index contributed by atoms with van der Waals surface area (Å²) in [5, 5.41) is 6.11. The first-order chi connectivity index (χ1) is 15.7. The molecule has 0 saturated carbocycles. The second kappa shape index (κ2) is 11.2. The molecule has 2 saturated heterocycles. The molecule has 2 fully saturated rings. The highest BCUT2D eigenvalue weighted by atomic mass is 16.5. The molecule has 0 aromatic heterocycles. The van der Waals surface area contributed by atoms with Crippen LogP contribution in [-0.2, 0) is 16.1 Å². The molecule has 2 N–H and O–H groups in total. The van der Waals surface area contributed by atoms with E-state index in [1.165, 1.54) is 0 Å². The summed E-state index contributed by atoms with van der Waals surface area (Å²) in [6.07, 6.45) is 1.69. The van der Waals surface area contributed by atoms with Crippen molar-refractivity contribution in [2.75, 3.05) is 51.3 Å². The first kappa shape index (κ1) is 22.5. The smallest absolute Gasteiger partial charge is 0.251 e. The summed E-state index contributed by atoms with van der Waals surface area (Å²) in [6.45, 7) is 6.21. The van der Waals surface area contributed by atoms with Crippen LogP contribution in [-0.4, -0.2) is 73.6 Å². The van der Waals surface area contributed by atoms with E-state index in [0.717, 1.165) is 70.0 Å². The zero-order valence-electron chi connectivity index (χ0n) is 18.5. The fourth-order valence-electron chi connectivity index (χ4n) is 4.26. The fourth-order valence-corrected chi connectivity index (χ4v) is 4.26. The Bertz CT molecular complexity index is 891. The Hall–Kier alpha value is -2.74. The van der Waals surface area contributed by atoms with Gasteiger partial charge >= 0.3 is 0 Å². The second-order valence-electron chi connectivity index (χ2n) is 8.53. The summed E-state index contributed by atoms with van der Waals surface area (Å²) in [6, 6.07) is 17.5. The van der Waals surface area contributed by atoms with Crippen molar-refractivity contribution in [2.24, 2.45) is 0 Å². The van der Waals surface area contributed by atoms with Gasteiger partial charge in [-0.3, -0.25) is 19.4 Å². The Kier molecular flexibility index (Phi) is 7.87. The summed E-state index contributed by atoms with van der Waals surface area (Å²) in [5.74, 6) is -0.0233. The van der Waals surface area contributed by atoms with Gasteiger partial charge in [-0.2, -0.15) is 0 Å². The topological polar surface area (TPSA) is 73.9 Å². The molecule has 0 aliphatic carbocycles. The van der Waals surface area contributed by atoms with Gasteiger partial charge in [0.2, 0.25) is 5.91 Å². The van der Waals surface area contributed by atoms with Crippen molar-refractivity contribution >= 4 is 17.5 Å². The lowest BCUT2D eigenvalue weighted by Crippen LogP contribution is -2.46. The highest BCUT2D eigenvalue weighted by molar-refractivity contribution is 5.94. The maximum atomic E-state index is 12.8. The SMILES string of the molecule is O=C(CN1CCC(NC(=O)c2cccc(CN3CCOCC3)c2)CC1)Nc1ccccc1. The van der Waals surface area contributed by atoms with E-state index in [2.05, 4.69) is 26.5 Å². The number of likely N-dealkylation sites (tertiary alicyclic amines) is 1. The van der Waals surface area contributed by atoms with Gasteiger partial charge in [-0.25, -0.2) is 0 Å². The number of para-hydroxylation sites is 1. The minimum absolute atomic E-state index is 0.00392. The van der Waals surface area contributed by atoms with E-state index in [1.54, 1.807) is 0 Å². The van der Waals surface area contributed by atoms with Gasteiger partial charge in [0.25, 0.3) is 5.91 Å². The van der Waals surface area contributed by atoms with Crippen LogP contribution in [0.3, 0.4) is 0 Å². The molecule has 7 heteroatoms. The van der Waals surface area contributed by atoms with Crippen molar-refractivity contribution in [3.63, 3.8) is 0 Å². The molecule has 0 radical (unpaired) electrons. The van der Waals surface area contributed by atoms with Crippen molar-refractivity contribution in [3.05, 3.63) is 65.7 Å². The number of ether oxygens (including phenoxy) is 1. The van der Waals surface area contributed by atoms with E-state index >= 15 is 0 Å². The van der Waals surface area contributed by atoms with Crippen molar-refractivity contribution < 1.29 is 14.3 Å². The third kappa shape index (κ3) is 6.63. The number of amides is 2. The maximum Gasteiger partial charge on any atom is 0.251 e. The van der Waals surface area contributed by atoms with Gasteiger partial charge in [0, 0.05) is 50.0 Å². The number of anilines is 1. The van der Waals surface area contributed by atoms with E-state index < -0.39 is 0 Å². The van der Waals surface area contributed by atoms with Gasteiger partial charge in [0.1, 0.15) is 0 Å². The van der Waals surface area contributed by atoms with Gasteiger partial charge < -0.3 is 15.4 Å². The summed E-state index contributed by atoms with van der Waals surface area (Å²) in [4.78, 5) is 29.6. The summed E-state index contributed by atoms with van der Waals surface area (Å²) in [5.41, 5.74) is 2.68.